The SMILES string of the molecule is CCCn1c(SCC(=O)N(CCC#N)c2ccccc2)nnc1-c1ccncc1. The van der Waals surface area contributed by atoms with E-state index in [1.54, 1.807) is 17.3 Å². The number of benzene rings is 1. The first-order chi connectivity index (χ1) is 14.2. The van der Waals surface area contributed by atoms with Gasteiger partial charge in [-0.2, -0.15) is 5.26 Å². The number of carbonyl (C=O) groups excluding carboxylic acids is 1. The lowest BCUT2D eigenvalue weighted by Gasteiger charge is -2.21. The van der Waals surface area contributed by atoms with Crippen LogP contribution in [0, 0.1) is 11.3 Å². The maximum Gasteiger partial charge on any atom is 0.237 e. The minimum Gasteiger partial charge on any atom is -0.311 e. The van der Waals surface area contributed by atoms with Gasteiger partial charge in [-0.25, -0.2) is 0 Å². The molecule has 0 saturated heterocycles. The summed E-state index contributed by atoms with van der Waals surface area (Å²) in [5.74, 6) is 0.931. The Bertz CT molecular complexity index is 968. The Kier molecular flexibility index (Phi) is 7.36. The number of hydrogen-bond donors (Lipinski definition) is 0. The quantitative estimate of drug-likeness (QED) is 0.503. The van der Waals surface area contributed by atoms with Gasteiger partial charge in [0.15, 0.2) is 11.0 Å². The molecular weight excluding hydrogens is 384 g/mol. The van der Waals surface area contributed by atoms with Gasteiger partial charge in [-0.3, -0.25) is 9.78 Å². The molecule has 148 valence electrons. The van der Waals surface area contributed by atoms with Crippen LogP contribution in [0.3, 0.4) is 0 Å². The molecular formula is C21H22N6OS. The lowest BCUT2D eigenvalue weighted by atomic mass is 10.2. The number of aromatic nitrogens is 4. The molecule has 0 aliphatic heterocycles. The molecule has 3 aromatic rings. The van der Waals surface area contributed by atoms with Crippen molar-refractivity contribution in [2.45, 2.75) is 31.5 Å². The van der Waals surface area contributed by atoms with E-state index in [1.165, 1.54) is 11.8 Å². The Labute approximate surface area is 174 Å². The number of nitriles is 1. The molecule has 0 radical (unpaired) electrons. The predicted octanol–water partition coefficient (Wildman–Crippen LogP) is 3.79. The number of hydrogen-bond acceptors (Lipinski definition) is 6. The summed E-state index contributed by atoms with van der Waals surface area (Å²) in [6, 6.07) is 15.3. The summed E-state index contributed by atoms with van der Waals surface area (Å²) in [6.07, 6.45) is 4.66. The third-order valence-electron chi connectivity index (χ3n) is 4.24. The fourth-order valence-electron chi connectivity index (χ4n) is 2.91. The summed E-state index contributed by atoms with van der Waals surface area (Å²) in [6.45, 7) is 3.22. The van der Waals surface area contributed by atoms with Crippen LogP contribution < -0.4 is 4.90 Å². The predicted molar refractivity (Wildman–Crippen MR) is 113 cm³/mol. The highest BCUT2D eigenvalue weighted by Gasteiger charge is 2.19. The van der Waals surface area contributed by atoms with Crippen LogP contribution in [-0.2, 0) is 11.3 Å². The zero-order chi connectivity index (χ0) is 20.5. The number of thioether (sulfide) groups is 1. The first-order valence-corrected chi connectivity index (χ1v) is 10.4. The first kappa shape index (κ1) is 20.6. The molecule has 1 amide bonds. The van der Waals surface area contributed by atoms with Gasteiger partial charge in [-0.1, -0.05) is 36.9 Å². The molecule has 0 fully saturated rings. The van der Waals surface area contributed by atoms with E-state index in [0.717, 1.165) is 30.0 Å². The number of amides is 1. The Morgan fingerprint density at radius 1 is 1.17 bits per heavy atom. The van der Waals surface area contributed by atoms with Crippen molar-refractivity contribution in [2.24, 2.45) is 0 Å². The van der Waals surface area contributed by atoms with Crippen LogP contribution in [0.1, 0.15) is 19.8 Å². The minimum atomic E-state index is -0.0621. The lowest BCUT2D eigenvalue weighted by Crippen LogP contribution is -2.33. The van der Waals surface area contributed by atoms with Gasteiger partial charge in [0, 0.05) is 36.7 Å². The van der Waals surface area contributed by atoms with Gasteiger partial charge in [-0.15, -0.1) is 10.2 Å². The van der Waals surface area contributed by atoms with Crippen LogP contribution in [-0.4, -0.2) is 38.0 Å². The zero-order valence-electron chi connectivity index (χ0n) is 16.2. The molecule has 2 heterocycles. The number of rotatable bonds is 9. The number of nitrogens with zero attached hydrogens (tertiary/aromatic N) is 6. The van der Waals surface area contributed by atoms with Crippen LogP contribution in [0.25, 0.3) is 11.4 Å². The van der Waals surface area contributed by atoms with Gasteiger partial charge in [-0.05, 0) is 30.7 Å². The fourth-order valence-corrected chi connectivity index (χ4v) is 3.75. The second-order valence-corrected chi connectivity index (χ2v) is 7.21. The van der Waals surface area contributed by atoms with Crippen molar-refractivity contribution < 1.29 is 4.79 Å². The number of para-hydroxylation sites is 1. The second-order valence-electron chi connectivity index (χ2n) is 6.27. The summed E-state index contributed by atoms with van der Waals surface area (Å²) in [5, 5.41) is 18.3. The van der Waals surface area contributed by atoms with Crippen molar-refractivity contribution in [1.29, 1.82) is 5.26 Å². The molecule has 8 heteroatoms. The molecule has 0 aliphatic carbocycles. The van der Waals surface area contributed by atoms with Gasteiger partial charge in [0.05, 0.1) is 18.2 Å². The molecule has 0 atom stereocenters. The summed E-state index contributed by atoms with van der Waals surface area (Å²) < 4.78 is 2.04. The molecule has 29 heavy (non-hydrogen) atoms. The molecule has 0 aliphatic rings. The van der Waals surface area contributed by atoms with Crippen LogP contribution in [0.15, 0.2) is 60.0 Å². The molecule has 0 bridgehead atoms. The molecule has 2 aromatic heterocycles. The normalized spacial score (nSPS) is 10.5. The molecule has 0 spiro atoms. The standard InChI is InChI=1S/C21H22N6OS/c1-2-14-27-20(17-9-12-23-13-10-17)24-25-21(27)29-16-19(28)26(15-6-11-22)18-7-4-3-5-8-18/h3-5,7-10,12-13H,2,6,14-16H2,1H3. The maximum absolute atomic E-state index is 12.9. The van der Waals surface area contributed by atoms with Crippen molar-refractivity contribution in [3.05, 3.63) is 54.9 Å². The monoisotopic (exact) mass is 406 g/mol. The summed E-state index contributed by atoms with van der Waals surface area (Å²) >= 11 is 1.37. The Morgan fingerprint density at radius 2 is 1.93 bits per heavy atom. The van der Waals surface area contributed by atoms with E-state index in [1.807, 2.05) is 47.0 Å². The fraction of sp³-hybridized carbons (Fsp3) is 0.286. The van der Waals surface area contributed by atoms with E-state index in [9.17, 15) is 4.79 Å². The molecule has 0 saturated carbocycles. The minimum absolute atomic E-state index is 0.0621. The van der Waals surface area contributed by atoms with Gasteiger partial charge in [0.25, 0.3) is 0 Å². The van der Waals surface area contributed by atoms with E-state index in [0.29, 0.717) is 11.7 Å². The maximum atomic E-state index is 12.9. The third-order valence-corrected chi connectivity index (χ3v) is 5.19. The van der Waals surface area contributed by atoms with Crippen LogP contribution in [0.2, 0.25) is 0 Å². The summed E-state index contributed by atoms with van der Waals surface area (Å²) in [5.41, 5.74) is 1.74. The van der Waals surface area contributed by atoms with Gasteiger partial charge >= 0.3 is 0 Å². The molecule has 0 unspecified atom stereocenters. The molecule has 7 nitrogen and oxygen atoms in total. The third kappa shape index (κ3) is 5.21. The average molecular weight is 407 g/mol. The molecule has 0 N–H and O–H groups in total. The smallest absolute Gasteiger partial charge is 0.237 e. The van der Waals surface area contributed by atoms with Crippen molar-refractivity contribution in [3.8, 4) is 17.5 Å². The number of carbonyl (C=O) groups is 1. The second kappa shape index (κ2) is 10.4. The number of anilines is 1. The van der Waals surface area contributed by atoms with Crippen LogP contribution in [0.5, 0.6) is 0 Å². The lowest BCUT2D eigenvalue weighted by molar-refractivity contribution is -0.116. The van der Waals surface area contributed by atoms with E-state index in [4.69, 9.17) is 5.26 Å². The van der Waals surface area contributed by atoms with Crippen molar-refractivity contribution in [3.63, 3.8) is 0 Å². The van der Waals surface area contributed by atoms with Crippen LogP contribution >= 0.6 is 11.8 Å². The molecule has 1 aromatic carbocycles. The Hall–Kier alpha value is -3.18. The van der Waals surface area contributed by atoms with E-state index >= 15 is 0 Å². The van der Waals surface area contributed by atoms with Crippen molar-refractivity contribution >= 4 is 23.4 Å². The Morgan fingerprint density at radius 3 is 2.62 bits per heavy atom. The summed E-state index contributed by atoms with van der Waals surface area (Å²) in [4.78, 5) is 18.6. The zero-order valence-corrected chi connectivity index (χ0v) is 17.0. The Balaban J connectivity index is 1.76. The van der Waals surface area contributed by atoms with Crippen LogP contribution in [0.4, 0.5) is 5.69 Å². The first-order valence-electron chi connectivity index (χ1n) is 9.43. The number of pyridine rings is 1. The van der Waals surface area contributed by atoms with Crippen molar-refractivity contribution in [1.82, 2.24) is 19.7 Å². The van der Waals surface area contributed by atoms with Crippen molar-refractivity contribution in [2.75, 3.05) is 17.2 Å². The highest BCUT2D eigenvalue weighted by Crippen LogP contribution is 2.25. The highest BCUT2D eigenvalue weighted by atomic mass is 32.2. The molecule has 3 rings (SSSR count). The van der Waals surface area contributed by atoms with E-state index in [-0.39, 0.29) is 18.1 Å². The van der Waals surface area contributed by atoms with Gasteiger partial charge < -0.3 is 9.47 Å². The largest absolute Gasteiger partial charge is 0.311 e. The van der Waals surface area contributed by atoms with E-state index in [2.05, 4.69) is 28.2 Å². The highest BCUT2D eigenvalue weighted by molar-refractivity contribution is 7.99. The summed E-state index contributed by atoms with van der Waals surface area (Å²) in [7, 11) is 0. The van der Waals surface area contributed by atoms with Gasteiger partial charge in [0.1, 0.15) is 0 Å². The van der Waals surface area contributed by atoms with Gasteiger partial charge in [0.2, 0.25) is 5.91 Å². The average Bonchev–Trinajstić information content (AvgIpc) is 3.17. The topological polar surface area (TPSA) is 87.7 Å². The van der Waals surface area contributed by atoms with E-state index < -0.39 is 0 Å².